The van der Waals surface area contributed by atoms with Gasteiger partial charge in [0.2, 0.25) is 0 Å². The minimum atomic E-state index is -0.385. The lowest BCUT2D eigenvalue weighted by Gasteiger charge is -2.14. The summed E-state index contributed by atoms with van der Waals surface area (Å²) >= 11 is 0. The Kier molecular flexibility index (Phi) is 6.07. The number of ether oxygens (including phenoxy) is 1. The van der Waals surface area contributed by atoms with Crippen LogP contribution >= 0.6 is 0 Å². The zero-order valence-electron chi connectivity index (χ0n) is 17.8. The van der Waals surface area contributed by atoms with Gasteiger partial charge in [-0.25, -0.2) is 9.37 Å². The van der Waals surface area contributed by atoms with Crippen LogP contribution in [0.5, 0.6) is 0 Å². The zero-order valence-corrected chi connectivity index (χ0v) is 17.8. The second-order valence-corrected chi connectivity index (χ2v) is 7.44. The van der Waals surface area contributed by atoms with Crippen molar-refractivity contribution in [2.75, 3.05) is 7.11 Å². The summed E-state index contributed by atoms with van der Waals surface area (Å²) in [7, 11) is 3.14. The molecule has 0 aliphatic heterocycles. The molecule has 32 heavy (non-hydrogen) atoms. The van der Waals surface area contributed by atoms with Gasteiger partial charge in [-0.3, -0.25) is 18.8 Å². The fourth-order valence-electron chi connectivity index (χ4n) is 3.55. The third kappa shape index (κ3) is 4.41. The van der Waals surface area contributed by atoms with Gasteiger partial charge < -0.3 is 4.74 Å². The Hall–Kier alpha value is -3.88. The standard InChI is InChI=1S/C23H22FN5O3/c1-28-14-20(26-27-28)15-7-12-18-19(13-15)25-21(5-3-4-6-22(30)32-2)29(23(18)31)17-10-8-16(24)9-11-17/h7-14H,3-6H2,1-2H3. The molecule has 0 atom stereocenters. The molecule has 0 amide bonds. The summed E-state index contributed by atoms with van der Waals surface area (Å²) in [6.07, 6.45) is 3.78. The van der Waals surface area contributed by atoms with Crippen molar-refractivity contribution in [1.82, 2.24) is 24.5 Å². The molecule has 0 N–H and O–H groups in total. The number of unbranched alkanes of at least 4 members (excludes halogenated alkanes) is 1. The van der Waals surface area contributed by atoms with Crippen LogP contribution in [0.4, 0.5) is 4.39 Å². The number of hydrogen-bond acceptors (Lipinski definition) is 6. The highest BCUT2D eigenvalue weighted by atomic mass is 19.1. The molecule has 0 aliphatic rings. The summed E-state index contributed by atoms with van der Waals surface area (Å²) in [6, 6.07) is 11.1. The minimum absolute atomic E-state index is 0.240. The number of aryl methyl sites for hydroxylation is 2. The maximum Gasteiger partial charge on any atom is 0.305 e. The summed E-state index contributed by atoms with van der Waals surface area (Å²) in [4.78, 5) is 29.6. The molecule has 8 nitrogen and oxygen atoms in total. The molecule has 0 radical (unpaired) electrons. The Bertz CT molecular complexity index is 1330. The van der Waals surface area contributed by atoms with Crippen molar-refractivity contribution in [3.63, 3.8) is 0 Å². The number of benzene rings is 2. The van der Waals surface area contributed by atoms with Gasteiger partial charge in [-0.15, -0.1) is 5.10 Å². The Morgan fingerprint density at radius 2 is 1.91 bits per heavy atom. The van der Waals surface area contributed by atoms with Crippen LogP contribution in [0.25, 0.3) is 27.8 Å². The molecule has 164 valence electrons. The summed E-state index contributed by atoms with van der Waals surface area (Å²) in [5.74, 6) is -0.125. The van der Waals surface area contributed by atoms with Crippen LogP contribution in [0.3, 0.4) is 0 Å². The van der Waals surface area contributed by atoms with Gasteiger partial charge in [0, 0.05) is 25.5 Å². The lowest BCUT2D eigenvalue weighted by molar-refractivity contribution is -0.140. The molecule has 2 aromatic carbocycles. The van der Waals surface area contributed by atoms with E-state index >= 15 is 0 Å². The van der Waals surface area contributed by atoms with Gasteiger partial charge in [0.25, 0.3) is 5.56 Å². The summed E-state index contributed by atoms with van der Waals surface area (Å²) in [6.45, 7) is 0. The van der Waals surface area contributed by atoms with E-state index in [1.807, 2.05) is 6.07 Å². The third-order valence-electron chi connectivity index (χ3n) is 5.18. The SMILES string of the molecule is COC(=O)CCCCc1nc2cc(-c3cn(C)nn3)ccc2c(=O)n1-c1ccc(F)cc1. The van der Waals surface area contributed by atoms with Crippen molar-refractivity contribution in [3.8, 4) is 16.9 Å². The Morgan fingerprint density at radius 3 is 2.59 bits per heavy atom. The van der Waals surface area contributed by atoms with Gasteiger partial charge in [-0.1, -0.05) is 11.3 Å². The normalized spacial score (nSPS) is 11.1. The second kappa shape index (κ2) is 9.09. The van der Waals surface area contributed by atoms with Crippen LogP contribution < -0.4 is 5.56 Å². The first-order valence-electron chi connectivity index (χ1n) is 10.2. The molecule has 2 heterocycles. The Labute approximate surface area is 183 Å². The number of carbonyl (C=O) groups excluding carboxylic acids is 1. The van der Waals surface area contributed by atoms with E-state index in [1.165, 1.54) is 23.8 Å². The molecule has 9 heteroatoms. The number of halogens is 1. The highest BCUT2D eigenvalue weighted by Crippen LogP contribution is 2.22. The van der Waals surface area contributed by atoms with E-state index in [9.17, 15) is 14.0 Å². The summed E-state index contributed by atoms with van der Waals surface area (Å²) in [5, 5.41) is 8.52. The molecule has 0 fully saturated rings. The van der Waals surface area contributed by atoms with E-state index in [0.29, 0.717) is 53.8 Å². The van der Waals surface area contributed by atoms with E-state index in [0.717, 1.165) is 5.56 Å². The highest BCUT2D eigenvalue weighted by Gasteiger charge is 2.15. The summed E-state index contributed by atoms with van der Waals surface area (Å²) < 4.78 is 21.2. The molecule has 0 spiro atoms. The number of hydrogen-bond donors (Lipinski definition) is 0. The predicted octanol–water partition coefficient (Wildman–Crippen LogP) is 3.21. The number of nitrogens with zero attached hydrogens (tertiary/aromatic N) is 5. The van der Waals surface area contributed by atoms with Crippen molar-refractivity contribution in [3.05, 3.63) is 70.7 Å². The van der Waals surface area contributed by atoms with E-state index in [1.54, 1.807) is 42.2 Å². The van der Waals surface area contributed by atoms with Crippen molar-refractivity contribution < 1.29 is 13.9 Å². The molecular formula is C23H22FN5O3. The number of carbonyl (C=O) groups is 1. The second-order valence-electron chi connectivity index (χ2n) is 7.44. The van der Waals surface area contributed by atoms with Crippen LogP contribution in [0.1, 0.15) is 25.1 Å². The number of esters is 1. The van der Waals surface area contributed by atoms with Gasteiger partial charge in [0.15, 0.2) is 0 Å². The zero-order chi connectivity index (χ0) is 22.7. The average molecular weight is 435 g/mol. The maximum absolute atomic E-state index is 13.5. The predicted molar refractivity (Wildman–Crippen MR) is 117 cm³/mol. The molecule has 0 saturated carbocycles. The monoisotopic (exact) mass is 435 g/mol. The summed E-state index contributed by atoms with van der Waals surface area (Å²) in [5.41, 5.74) is 2.31. The van der Waals surface area contributed by atoms with Crippen LogP contribution in [0.15, 0.2) is 53.5 Å². The molecule has 0 saturated heterocycles. The quantitative estimate of drug-likeness (QED) is 0.327. The Balaban J connectivity index is 1.78. The molecule has 4 rings (SSSR count). The van der Waals surface area contributed by atoms with Gasteiger partial charge in [-0.05, 0) is 49.2 Å². The third-order valence-corrected chi connectivity index (χ3v) is 5.18. The van der Waals surface area contributed by atoms with E-state index in [-0.39, 0.29) is 17.3 Å². The van der Waals surface area contributed by atoms with Crippen molar-refractivity contribution in [1.29, 1.82) is 0 Å². The van der Waals surface area contributed by atoms with Crippen LogP contribution in [-0.2, 0) is 23.0 Å². The maximum atomic E-state index is 13.5. The largest absolute Gasteiger partial charge is 0.469 e. The first-order valence-corrected chi connectivity index (χ1v) is 10.2. The van der Waals surface area contributed by atoms with Gasteiger partial charge >= 0.3 is 5.97 Å². The van der Waals surface area contributed by atoms with Gasteiger partial charge in [-0.2, -0.15) is 0 Å². The van der Waals surface area contributed by atoms with Gasteiger partial charge in [0.05, 0.1) is 29.9 Å². The average Bonchev–Trinajstić information content (AvgIpc) is 3.23. The highest BCUT2D eigenvalue weighted by molar-refractivity contribution is 5.83. The lowest BCUT2D eigenvalue weighted by Crippen LogP contribution is -2.24. The molecule has 4 aromatic rings. The van der Waals surface area contributed by atoms with Crippen LogP contribution in [-0.4, -0.2) is 37.6 Å². The first-order chi connectivity index (χ1) is 15.5. The molecule has 2 aromatic heterocycles. The van der Waals surface area contributed by atoms with Crippen LogP contribution in [0, 0.1) is 5.82 Å². The fourth-order valence-corrected chi connectivity index (χ4v) is 3.55. The van der Waals surface area contributed by atoms with Crippen LogP contribution in [0.2, 0.25) is 0 Å². The molecule has 0 bridgehead atoms. The minimum Gasteiger partial charge on any atom is -0.469 e. The molecule has 0 aliphatic carbocycles. The van der Waals surface area contributed by atoms with Crippen molar-refractivity contribution in [2.45, 2.75) is 25.7 Å². The molecular weight excluding hydrogens is 413 g/mol. The lowest BCUT2D eigenvalue weighted by atomic mass is 10.1. The van der Waals surface area contributed by atoms with Gasteiger partial charge in [0.1, 0.15) is 17.3 Å². The first kappa shape index (κ1) is 21.4. The molecule has 0 unspecified atom stereocenters. The smallest absolute Gasteiger partial charge is 0.305 e. The van der Waals surface area contributed by atoms with E-state index in [4.69, 9.17) is 4.98 Å². The topological polar surface area (TPSA) is 91.9 Å². The number of aromatic nitrogens is 5. The fraction of sp³-hybridized carbons (Fsp3) is 0.261. The number of rotatable bonds is 7. The van der Waals surface area contributed by atoms with Crippen molar-refractivity contribution >= 4 is 16.9 Å². The van der Waals surface area contributed by atoms with E-state index < -0.39 is 0 Å². The number of methoxy groups -OCH3 is 1. The number of fused-ring (bicyclic) bond motifs is 1. The Morgan fingerprint density at radius 1 is 1.12 bits per heavy atom. The van der Waals surface area contributed by atoms with E-state index in [2.05, 4.69) is 15.0 Å². The van der Waals surface area contributed by atoms with Crippen molar-refractivity contribution in [2.24, 2.45) is 7.05 Å².